The molecule has 1 unspecified atom stereocenters. The second-order valence-electron chi connectivity index (χ2n) is 4.40. The van der Waals surface area contributed by atoms with E-state index in [9.17, 15) is 4.79 Å². The average molecular weight is 246 g/mol. The Morgan fingerprint density at radius 2 is 1.82 bits per heavy atom. The van der Waals surface area contributed by atoms with Crippen LogP contribution in [0.25, 0.3) is 0 Å². The molecule has 0 radical (unpaired) electrons. The summed E-state index contributed by atoms with van der Waals surface area (Å²) in [6.07, 6.45) is 1.44. The molecule has 0 aliphatic heterocycles. The summed E-state index contributed by atoms with van der Waals surface area (Å²) >= 11 is 0. The average Bonchev–Trinajstić information content (AvgIpc) is 2.32. The van der Waals surface area contributed by atoms with Crippen molar-refractivity contribution in [3.63, 3.8) is 0 Å². The van der Waals surface area contributed by atoms with E-state index in [0.717, 1.165) is 6.42 Å². The third-order valence-corrected chi connectivity index (χ3v) is 2.85. The zero-order chi connectivity index (χ0) is 13.3. The maximum absolute atomic E-state index is 12.2. The quantitative estimate of drug-likeness (QED) is 0.606. The standard InChI is InChI=1S/C12H26N2O3/c1-5-12(2,13)11(15)14(8-10-17-4)7-6-9-16-3/h5-10,13H2,1-4H3. The smallest absolute Gasteiger partial charge is 0.242 e. The van der Waals surface area contributed by atoms with Gasteiger partial charge in [-0.05, 0) is 19.8 Å². The Bertz CT molecular complexity index is 220. The van der Waals surface area contributed by atoms with Gasteiger partial charge in [-0.1, -0.05) is 6.92 Å². The van der Waals surface area contributed by atoms with E-state index in [4.69, 9.17) is 15.2 Å². The Morgan fingerprint density at radius 3 is 2.29 bits per heavy atom. The molecule has 0 rings (SSSR count). The molecule has 0 bridgehead atoms. The highest BCUT2D eigenvalue weighted by molar-refractivity contribution is 5.85. The number of hydrogen-bond acceptors (Lipinski definition) is 4. The largest absolute Gasteiger partial charge is 0.385 e. The lowest BCUT2D eigenvalue weighted by Crippen LogP contribution is -2.53. The fourth-order valence-electron chi connectivity index (χ4n) is 1.43. The summed E-state index contributed by atoms with van der Waals surface area (Å²) in [6.45, 7) is 6.09. The number of amides is 1. The number of nitrogens with zero attached hydrogens (tertiary/aromatic N) is 1. The molecule has 5 nitrogen and oxygen atoms in total. The van der Waals surface area contributed by atoms with E-state index in [0.29, 0.717) is 32.7 Å². The Morgan fingerprint density at radius 1 is 1.24 bits per heavy atom. The van der Waals surface area contributed by atoms with Gasteiger partial charge in [-0.25, -0.2) is 0 Å². The van der Waals surface area contributed by atoms with Crippen LogP contribution in [0.5, 0.6) is 0 Å². The molecular formula is C12H26N2O3. The molecule has 0 aromatic heterocycles. The first kappa shape index (κ1) is 16.4. The second-order valence-corrected chi connectivity index (χ2v) is 4.40. The van der Waals surface area contributed by atoms with Gasteiger partial charge in [0.2, 0.25) is 5.91 Å². The van der Waals surface area contributed by atoms with Crippen molar-refractivity contribution in [2.75, 3.05) is 40.5 Å². The normalized spacial score (nSPS) is 14.4. The number of rotatable bonds is 9. The monoisotopic (exact) mass is 246 g/mol. The van der Waals surface area contributed by atoms with E-state index in [-0.39, 0.29) is 5.91 Å². The van der Waals surface area contributed by atoms with Crippen molar-refractivity contribution in [3.05, 3.63) is 0 Å². The number of carbonyl (C=O) groups is 1. The summed E-state index contributed by atoms with van der Waals surface area (Å²) in [7, 11) is 3.28. The van der Waals surface area contributed by atoms with Gasteiger partial charge in [-0.15, -0.1) is 0 Å². The molecule has 0 aliphatic carbocycles. The summed E-state index contributed by atoms with van der Waals surface area (Å²) in [5.74, 6) is -0.0202. The second kappa shape index (κ2) is 8.44. The van der Waals surface area contributed by atoms with Gasteiger partial charge in [0.15, 0.2) is 0 Å². The third kappa shape index (κ3) is 6.00. The van der Waals surface area contributed by atoms with Gasteiger partial charge < -0.3 is 20.1 Å². The first-order valence-corrected chi connectivity index (χ1v) is 6.05. The minimum absolute atomic E-state index is 0.0202. The zero-order valence-electron chi connectivity index (χ0n) is 11.5. The van der Waals surface area contributed by atoms with E-state index >= 15 is 0 Å². The Hall–Kier alpha value is -0.650. The molecule has 0 fully saturated rings. The summed E-state index contributed by atoms with van der Waals surface area (Å²) in [6, 6.07) is 0. The lowest BCUT2D eigenvalue weighted by Gasteiger charge is -2.31. The maximum Gasteiger partial charge on any atom is 0.242 e. The van der Waals surface area contributed by atoms with Crippen LogP contribution < -0.4 is 5.73 Å². The first-order chi connectivity index (χ1) is 7.99. The molecule has 1 amide bonds. The lowest BCUT2D eigenvalue weighted by molar-refractivity contribution is -0.137. The van der Waals surface area contributed by atoms with Crippen molar-refractivity contribution in [2.24, 2.45) is 5.73 Å². The predicted octanol–water partition coefficient (Wildman–Crippen LogP) is 0.625. The Labute approximate surface area is 104 Å². The molecule has 0 aromatic carbocycles. The van der Waals surface area contributed by atoms with E-state index in [1.165, 1.54) is 0 Å². The molecule has 2 N–H and O–H groups in total. The summed E-state index contributed by atoms with van der Waals surface area (Å²) in [5.41, 5.74) is 5.18. The van der Waals surface area contributed by atoms with Gasteiger partial charge >= 0.3 is 0 Å². The molecular weight excluding hydrogens is 220 g/mol. The first-order valence-electron chi connectivity index (χ1n) is 6.05. The van der Waals surface area contributed by atoms with Crippen molar-refractivity contribution >= 4 is 5.91 Å². The van der Waals surface area contributed by atoms with E-state index < -0.39 is 5.54 Å². The molecule has 102 valence electrons. The van der Waals surface area contributed by atoms with Crippen LogP contribution in [-0.2, 0) is 14.3 Å². The molecule has 0 aromatic rings. The van der Waals surface area contributed by atoms with Gasteiger partial charge in [0.1, 0.15) is 0 Å². The van der Waals surface area contributed by atoms with Crippen molar-refractivity contribution in [1.29, 1.82) is 0 Å². The van der Waals surface area contributed by atoms with Crippen molar-refractivity contribution in [2.45, 2.75) is 32.2 Å². The Kier molecular flexibility index (Phi) is 8.12. The third-order valence-electron chi connectivity index (χ3n) is 2.85. The summed E-state index contributed by atoms with van der Waals surface area (Å²) in [4.78, 5) is 14.0. The minimum Gasteiger partial charge on any atom is -0.385 e. The highest BCUT2D eigenvalue weighted by Gasteiger charge is 2.30. The van der Waals surface area contributed by atoms with Gasteiger partial charge in [-0.2, -0.15) is 0 Å². The van der Waals surface area contributed by atoms with Crippen molar-refractivity contribution in [1.82, 2.24) is 4.90 Å². The van der Waals surface area contributed by atoms with Crippen LogP contribution in [-0.4, -0.2) is 56.9 Å². The highest BCUT2D eigenvalue weighted by atomic mass is 16.5. The fraction of sp³-hybridized carbons (Fsp3) is 0.917. The molecule has 1 atom stereocenters. The molecule has 0 heterocycles. The van der Waals surface area contributed by atoms with Crippen LogP contribution >= 0.6 is 0 Å². The lowest BCUT2D eigenvalue weighted by atomic mass is 9.98. The molecule has 0 saturated carbocycles. The van der Waals surface area contributed by atoms with Crippen LogP contribution in [0, 0.1) is 0 Å². The van der Waals surface area contributed by atoms with Crippen molar-refractivity contribution in [3.8, 4) is 0 Å². The van der Waals surface area contributed by atoms with Crippen LogP contribution in [0.15, 0.2) is 0 Å². The van der Waals surface area contributed by atoms with Gasteiger partial charge in [-0.3, -0.25) is 4.79 Å². The van der Waals surface area contributed by atoms with E-state index in [2.05, 4.69) is 0 Å². The number of ether oxygens (including phenoxy) is 2. The van der Waals surface area contributed by atoms with Crippen LogP contribution in [0.1, 0.15) is 26.7 Å². The molecule has 0 saturated heterocycles. The number of hydrogen-bond donors (Lipinski definition) is 1. The van der Waals surface area contributed by atoms with Crippen molar-refractivity contribution < 1.29 is 14.3 Å². The Balaban J connectivity index is 4.39. The number of carbonyl (C=O) groups excluding carboxylic acids is 1. The summed E-state index contributed by atoms with van der Waals surface area (Å²) in [5, 5.41) is 0. The van der Waals surface area contributed by atoms with Crippen LogP contribution in [0.2, 0.25) is 0 Å². The SMILES string of the molecule is CCC(C)(N)C(=O)N(CCCOC)CCOC. The number of nitrogens with two attached hydrogens (primary N) is 1. The minimum atomic E-state index is -0.791. The van der Waals surface area contributed by atoms with Gasteiger partial charge in [0.05, 0.1) is 12.1 Å². The van der Waals surface area contributed by atoms with E-state index in [1.807, 2.05) is 6.92 Å². The fourth-order valence-corrected chi connectivity index (χ4v) is 1.43. The predicted molar refractivity (Wildman–Crippen MR) is 67.8 cm³/mol. The molecule has 0 aliphatic rings. The highest BCUT2D eigenvalue weighted by Crippen LogP contribution is 2.10. The zero-order valence-corrected chi connectivity index (χ0v) is 11.5. The van der Waals surface area contributed by atoms with Crippen LogP contribution in [0.3, 0.4) is 0 Å². The summed E-state index contributed by atoms with van der Waals surface area (Å²) < 4.78 is 10.00. The maximum atomic E-state index is 12.2. The molecule has 0 spiro atoms. The molecule has 5 heteroatoms. The van der Waals surface area contributed by atoms with Gasteiger partial charge in [0.25, 0.3) is 0 Å². The van der Waals surface area contributed by atoms with E-state index in [1.54, 1.807) is 26.0 Å². The van der Waals surface area contributed by atoms with Crippen LogP contribution in [0.4, 0.5) is 0 Å². The topological polar surface area (TPSA) is 64.8 Å². The molecule has 17 heavy (non-hydrogen) atoms. The number of methoxy groups -OCH3 is 2. The van der Waals surface area contributed by atoms with Gasteiger partial charge in [0, 0.05) is 33.9 Å².